The maximum absolute atomic E-state index is 14.5. The molecule has 1 fully saturated rings. The minimum atomic E-state index is -4.31. The quantitative estimate of drug-likeness (QED) is 0.168. The number of piperidine rings is 1. The van der Waals surface area contributed by atoms with Crippen LogP contribution in [0.15, 0.2) is 54.7 Å². The van der Waals surface area contributed by atoms with E-state index in [-0.39, 0.29) is 38.8 Å². The first-order valence-corrected chi connectivity index (χ1v) is 16.0. The van der Waals surface area contributed by atoms with Gasteiger partial charge in [0.2, 0.25) is 0 Å². The van der Waals surface area contributed by atoms with Crippen molar-refractivity contribution in [1.82, 2.24) is 25.3 Å². The van der Waals surface area contributed by atoms with E-state index in [1.807, 2.05) is 0 Å². The molecule has 2 atom stereocenters. The summed E-state index contributed by atoms with van der Waals surface area (Å²) in [5.41, 5.74) is -0.329. The fourth-order valence-electron chi connectivity index (χ4n) is 4.26. The Morgan fingerprint density at radius 2 is 1.65 bits per heavy atom. The number of halogens is 2. The second-order valence-corrected chi connectivity index (χ2v) is 12.8. The lowest BCUT2D eigenvalue weighted by Gasteiger charge is -2.24. The first-order chi connectivity index (χ1) is 20.5. The average molecular weight is 651 g/mol. The Hall–Kier alpha value is -3.41. The topological polar surface area (TPSA) is 153 Å². The SMILES string of the molecule is CC(C)OC(=O)[C@H](C)NP(=O)(Oc1ccccc1)n1cc(NC(=O)c2c(Cl)cccc2Cl)c(C(=O)NC2CCNCC2)n1. The highest BCUT2D eigenvalue weighted by Gasteiger charge is 2.36. The third-order valence-electron chi connectivity index (χ3n) is 6.33. The highest BCUT2D eigenvalue weighted by atomic mass is 35.5. The van der Waals surface area contributed by atoms with Gasteiger partial charge in [-0.2, -0.15) is 9.55 Å². The number of esters is 1. The van der Waals surface area contributed by atoms with Crippen molar-refractivity contribution in [3.05, 3.63) is 76.0 Å². The van der Waals surface area contributed by atoms with Gasteiger partial charge in [-0.05, 0) is 71.0 Å². The van der Waals surface area contributed by atoms with Crippen LogP contribution in [0.5, 0.6) is 5.75 Å². The van der Waals surface area contributed by atoms with Crippen molar-refractivity contribution in [2.75, 3.05) is 18.4 Å². The van der Waals surface area contributed by atoms with Crippen LogP contribution in [0.2, 0.25) is 10.0 Å². The van der Waals surface area contributed by atoms with Crippen molar-refractivity contribution in [2.45, 2.75) is 51.8 Å². The van der Waals surface area contributed by atoms with Crippen LogP contribution in [-0.2, 0) is 14.1 Å². The van der Waals surface area contributed by atoms with Crippen molar-refractivity contribution < 1.29 is 28.2 Å². The maximum Gasteiger partial charge on any atom is 0.440 e. The van der Waals surface area contributed by atoms with E-state index in [2.05, 4.69) is 26.1 Å². The zero-order chi connectivity index (χ0) is 31.1. The molecule has 1 aliphatic heterocycles. The molecule has 0 bridgehead atoms. The number of carbonyl (C=O) groups excluding carboxylic acids is 3. The van der Waals surface area contributed by atoms with E-state index in [0.717, 1.165) is 17.5 Å². The number of rotatable bonds is 11. The van der Waals surface area contributed by atoms with Gasteiger partial charge in [-0.1, -0.05) is 47.5 Å². The second kappa shape index (κ2) is 14.4. The minimum Gasteiger partial charge on any atom is -0.462 e. The van der Waals surface area contributed by atoms with Crippen molar-refractivity contribution in [3.8, 4) is 5.75 Å². The number of benzene rings is 2. The lowest BCUT2D eigenvalue weighted by atomic mass is 10.1. The van der Waals surface area contributed by atoms with Crippen molar-refractivity contribution in [2.24, 2.45) is 0 Å². The van der Waals surface area contributed by atoms with Crippen LogP contribution < -0.4 is 25.6 Å². The molecular formula is C28H33Cl2N6O6P. The van der Waals surface area contributed by atoms with Crippen LogP contribution >= 0.6 is 30.9 Å². The molecule has 1 saturated heterocycles. The summed E-state index contributed by atoms with van der Waals surface area (Å²) in [5, 5.41) is 16.0. The summed E-state index contributed by atoms with van der Waals surface area (Å²) >= 11 is 12.5. The van der Waals surface area contributed by atoms with Crippen LogP contribution in [-0.4, -0.2) is 58.6 Å². The van der Waals surface area contributed by atoms with E-state index in [1.165, 1.54) is 25.3 Å². The first kappa shape index (κ1) is 32.5. The number of anilines is 1. The summed E-state index contributed by atoms with van der Waals surface area (Å²) in [7, 11) is -4.31. The average Bonchev–Trinajstić information content (AvgIpc) is 3.38. The van der Waals surface area contributed by atoms with Crippen LogP contribution in [0.4, 0.5) is 5.69 Å². The Kier molecular flexibility index (Phi) is 10.9. The van der Waals surface area contributed by atoms with E-state index in [9.17, 15) is 18.9 Å². The molecule has 3 aromatic rings. The van der Waals surface area contributed by atoms with E-state index in [1.54, 1.807) is 50.2 Å². The minimum absolute atomic E-state index is 0.0183. The first-order valence-electron chi connectivity index (χ1n) is 13.7. The van der Waals surface area contributed by atoms with E-state index in [0.29, 0.717) is 12.8 Å². The largest absolute Gasteiger partial charge is 0.462 e. The lowest BCUT2D eigenvalue weighted by Crippen LogP contribution is -2.43. The van der Waals surface area contributed by atoms with Gasteiger partial charge in [0.05, 0.1) is 33.6 Å². The lowest BCUT2D eigenvalue weighted by molar-refractivity contribution is -0.149. The second-order valence-electron chi connectivity index (χ2n) is 10.1. The van der Waals surface area contributed by atoms with Gasteiger partial charge in [-0.15, -0.1) is 0 Å². The van der Waals surface area contributed by atoms with Crippen LogP contribution in [0.1, 0.15) is 54.5 Å². The zero-order valence-electron chi connectivity index (χ0n) is 23.8. The standard InChI is InChI=1S/C28H33Cl2N6O6P/c1-17(2)41-28(39)18(3)35-43(40,42-20-8-5-4-6-9-20)36-16-23(33-26(37)24-21(29)10-7-11-22(24)30)25(34-36)27(38)32-19-12-14-31-15-13-19/h4-11,16-19,31H,12-15H2,1-3H3,(H,32,38)(H,33,37)(H,35,40)/t18-,43?/m0/s1. The molecule has 0 spiro atoms. The summed E-state index contributed by atoms with van der Waals surface area (Å²) in [5.74, 6) is -1.80. The van der Waals surface area contributed by atoms with Gasteiger partial charge >= 0.3 is 13.6 Å². The molecule has 4 rings (SSSR count). The number of nitrogens with one attached hydrogen (secondary N) is 4. The number of nitrogens with zero attached hydrogens (tertiary/aromatic N) is 2. The molecule has 0 radical (unpaired) electrons. The Labute approximate surface area is 259 Å². The number of carbonyl (C=O) groups is 3. The Bertz CT molecular complexity index is 1490. The van der Waals surface area contributed by atoms with Gasteiger partial charge in [-0.3, -0.25) is 14.4 Å². The van der Waals surface area contributed by atoms with Gasteiger partial charge in [0, 0.05) is 6.04 Å². The van der Waals surface area contributed by atoms with Gasteiger partial charge in [0.25, 0.3) is 11.8 Å². The molecule has 12 nitrogen and oxygen atoms in total. The molecule has 2 amide bonds. The Balaban J connectivity index is 1.75. The molecule has 2 heterocycles. The smallest absolute Gasteiger partial charge is 0.440 e. The molecule has 43 heavy (non-hydrogen) atoms. The van der Waals surface area contributed by atoms with Crippen LogP contribution in [0, 0.1) is 0 Å². The number of hydrogen-bond donors (Lipinski definition) is 4. The third-order valence-corrected chi connectivity index (χ3v) is 8.88. The van der Waals surface area contributed by atoms with Gasteiger partial charge in [-0.25, -0.2) is 9.65 Å². The summed E-state index contributed by atoms with van der Waals surface area (Å²) < 4.78 is 26.5. The fraction of sp³-hybridized carbons (Fsp3) is 0.357. The normalized spacial score (nSPS) is 15.8. The summed E-state index contributed by atoms with van der Waals surface area (Å²) in [4.78, 5) is 39.4. The number of amides is 2. The Morgan fingerprint density at radius 1 is 1.00 bits per heavy atom. The summed E-state index contributed by atoms with van der Waals surface area (Å²) in [6, 6.07) is 11.6. The molecular weight excluding hydrogens is 618 g/mol. The highest BCUT2D eigenvalue weighted by molar-refractivity contribution is 7.55. The van der Waals surface area contributed by atoms with Gasteiger partial charge < -0.3 is 25.2 Å². The molecule has 0 aliphatic carbocycles. The molecule has 230 valence electrons. The third kappa shape index (κ3) is 8.36. The molecule has 4 N–H and O–H groups in total. The molecule has 2 aromatic carbocycles. The molecule has 1 unspecified atom stereocenters. The highest BCUT2D eigenvalue weighted by Crippen LogP contribution is 2.45. The fourth-order valence-corrected chi connectivity index (χ4v) is 6.56. The number of para-hydroxylation sites is 1. The summed E-state index contributed by atoms with van der Waals surface area (Å²) in [6.07, 6.45) is 2.16. The van der Waals surface area contributed by atoms with Crippen LogP contribution in [0.25, 0.3) is 0 Å². The van der Waals surface area contributed by atoms with Crippen molar-refractivity contribution >= 4 is 54.3 Å². The monoisotopic (exact) mass is 650 g/mol. The summed E-state index contributed by atoms with van der Waals surface area (Å²) in [6.45, 7) is 6.28. The van der Waals surface area contributed by atoms with E-state index >= 15 is 0 Å². The Morgan fingerprint density at radius 3 is 2.28 bits per heavy atom. The maximum atomic E-state index is 14.5. The number of hydrogen-bond acceptors (Lipinski definition) is 8. The predicted molar refractivity (Wildman–Crippen MR) is 164 cm³/mol. The van der Waals surface area contributed by atoms with Gasteiger partial charge in [0.15, 0.2) is 5.69 Å². The van der Waals surface area contributed by atoms with Crippen molar-refractivity contribution in [3.63, 3.8) is 0 Å². The molecule has 15 heteroatoms. The number of aromatic nitrogens is 2. The van der Waals surface area contributed by atoms with Gasteiger partial charge in [0.1, 0.15) is 11.8 Å². The predicted octanol–water partition coefficient (Wildman–Crippen LogP) is 4.89. The molecule has 0 saturated carbocycles. The zero-order valence-corrected chi connectivity index (χ0v) is 26.2. The molecule has 1 aromatic heterocycles. The van der Waals surface area contributed by atoms with Crippen molar-refractivity contribution in [1.29, 1.82) is 0 Å². The van der Waals surface area contributed by atoms with Crippen LogP contribution in [0.3, 0.4) is 0 Å². The molecule has 1 aliphatic rings. The number of ether oxygens (including phenoxy) is 1. The van der Waals surface area contributed by atoms with E-state index < -0.39 is 37.6 Å². The van der Waals surface area contributed by atoms with E-state index in [4.69, 9.17) is 32.5 Å².